The van der Waals surface area contributed by atoms with Crippen molar-refractivity contribution in [2.24, 2.45) is 16.2 Å². The van der Waals surface area contributed by atoms with Gasteiger partial charge in [-0.15, -0.1) is 5.11 Å². The van der Waals surface area contributed by atoms with Crippen LogP contribution in [0.2, 0.25) is 0 Å². The van der Waals surface area contributed by atoms with E-state index >= 15 is 0 Å². The van der Waals surface area contributed by atoms with Gasteiger partial charge in [0.15, 0.2) is 0 Å². The van der Waals surface area contributed by atoms with E-state index in [4.69, 9.17) is 10.6 Å². The van der Waals surface area contributed by atoms with Crippen LogP contribution in [-0.2, 0) is 9.53 Å². The van der Waals surface area contributed by atoms with Gasteiger partial charge in [-0.3, -0.25) is 0 Å². The number of hydrogen-bond acceptors (Lipinski definition) is 5. The lowest BCUT2D eigenvalue weighted by Gasteiger charge is -2.14. The van der Waals surface area contributed by atoms with Crippen molar-refractivity contribution < 1.29 is 9.53 Å². The van der Waals surface area contributed by atoms with Gasteiger partial charge in [0, 0.05) is 17.7 Å². The maximum absolute atomic E-state index is 12.3. The molecule has 1 unspecified atom stereocenters. The molecule has 1 heterocycles. The van der Waals surface area contributed by atoms with E-state index in [0.717, 1.165) is 22.4 Å². The molecule has 2 aromatic rings. The summed E-state index contributed by atoms with van der Waals surface area (Å²) in [5.74, 6) is 4.86. The largest absolute Gasteiger partial charge is 0.463 e. The number of nitrogens with one attached hydrogen (secondary N) is 1. The Kier molecular flexibility index (Phi) is 5.31. The highest BCUT2D eigenvalue weighted by molar-refractivity contribution is 5.96. The van der Waals surface area contributed by atoms with E-state index in [2.05, 4.69) is 46.8 Å². The maximum Gasteiger partial charge on any atom is 0.334 e. The Morgan fingerprint density at radius 2 is 1.96 bits per heavy atom. The number of esters is 1. The summed E-state index contributed by atoms with van der Waals surface area (Å²) in [7, 11) is 0. The number of anilines is 1. The van der Waals surface area contributed by atoms with E-state index < -0.39 is 6.17 Å². The number of nitrogens with two attached hydrogens (primary N) is 1. The third kappa shape index (κ3) is 3.91. The number of fused-ring (bicyclic) bond motifs is 1. The van der Waals surface area contributed by atoms with Crippen molar-refractivity contribution in [2.75, 3.05) is 11.9 Å². The predicted octanol–water partition coefficient (Wildman–Crippen LogP) is 4.08. The number of carbonyl (C=O) groups excluding carboxylic acids is 1. The molecule has 6 heteroatoms. The Morgan fingerprint density at radius 1 is 1.23 bits per heavy atom. The summed E-state index contributed by atoms with van der Waals surface area (Å²) >= 11 is 0. The van der Waals surface area contributed by atoms with Crippen LogP contribution in [-0.4, -0.2) is 18.7 Å². The topological polar surface area (TPSA) is 89.1 Å². The third-order valence-corrected chi connectivity index (χ3v) is 4.25. The monoisotopic (exact) mass is 350 g/mol. The lowest BCUT2D eigenvalue weighted by molar-refractivity contribution is -0.138. The molecule has 0 radical (unpaired) electrons. The lowest BCUT2D eigenvalue weighted by atomic mass is 10.00. The van der Waals surface area contributed by atoms with E-state index in [9.17, 15) is 4.79 Å². The molecule has 1 aliphatic heterocycles. The summed E-state index contributed by atoms with van der Waals surface area (Å²) in [6.07, 6.45) is 1.79. The van der Waals surface area contributed by atoms with Gasteiger partial charge in [0.2, 0.25) is 0 Å². The van der Waals surface area contributed by atoms with Crippen LogP contribution in [0.25, 0.3) is 17.2 Å². The first-order valence-corrected chi connectivity index (χ1v) is 8.56. The van der Waals surface area contributed by atoms with Crippen LogP contribution in [0, 0.1) is 6.92 Å². The SMILES string of the molecule is CCOC(=O)C1=Cc2cc(-c3ccc(C)cc3)ccc2NC(N=NN)C1. The van der Waals surface area contributed by atoms with Crippen LogP contribution in [0.15, 0.2) is 58.4 Å². The molecular formula is C20H22N4O2. The first-order chi connectivity index (χ1) is 12.6. The van der Waals surface area contributed by atoms with Crippen molar-refractivity contribution in [3.63, 3.8) is 0 Å². The van der Waals surface area contributed by atoms with Gasteiger partial charge in [0.1, 0.15) is 6.17 Å². The van der Waals surface area contributed by atoms with Crippen LogP contribution < -0.4 is 11.2 Å². The Bertz CT molecular complexity index is 857. The number of aryl methyl sites for hydroxylation is 1. The van der Waals surface area contributed by atoms with Crippen molar-refractivity contribution in [1.29, 1.82) is 0 Å². The zero-order valence-corrected chi connectivity index (χ0v) is 14.9. The minimum atomic E-state index is -0.415. The van der Waals surface area contributed by atoms with E-state index in [0.29, 0.717) is 18.6 Å². The van der Waals surface area contributed by atoms with E-state index in [1.54, 1.807) is 6.92 Å². The molecule has 1 aliphatic rings. The van der Waals surface area contributed by atoms with Gasteiger partial charge in [0.25, 0.3) is 0 Å². The summed E-state index contributed by atoms with van der Waals surface area (Å²) in [5.41, 5.74) is 5.72. The fraction of sp³-hybridized carbons (Fsp3) is 0.250. The van der Waals surface area contributed by atoms with E-state index in [1.807, 2.05) is 24.3 Å². The zero-order chi connectivity index (χ0) is 18.5. The smallest absolute Gasteiger partial charge is 0.334 e. The second kappa shape index (κ2) is 7.82. The highest BCUT2D eigenvalue weighted by Gasteiger charge is 2.22. The molecule has 26 heavy (non-hydrogen) atoms. The number of hydrogen-bond donors (Lipinski definition) is 2. The Morgan fingerprint density at radius 3 is 2.65 bits per heavy atom. The molecule has 0 spiro atoms. The Hall–Kier alpha value is -3.15. The molecule has 6 nitrogen and oxygen atoms in total. The average Bonchev–Trinajstić information content (AvgIpc) is 2.81. The second-order valence-corrected chi connectivity index (χ2v) is 6.15. The van der Waals surface area contributed by atoms with Crippen LogP contribution in [0.5, 0.6) is 0 Å². The maximum atomic E-state index is 12.3. The fourth-order valence-corrected chi connectivity index (χ4v) is 2.94. The minimum absolute atomic E-state index is 0.322. The van der Waals surface area contributed by atoms with Crippen LogP contribution in [0.4, 0.5) is 5.69 Å². The highest BCUT2D eigenvalue weighted by atomic mass is 16.5. The van der Waals surface area contributed by atoms with Gasteiger partial charge < -0.3 is 15.9 Å². The minimum Gasteiger partial charge on any atom is -0.463 e. The number of carbonyl (C=O) groups is 1. The van der Waals surface area contributed by atoms with Gasteiger partial charge in [-0.25, -0.2) is 4.79 Å². The second-order valence-electron chi connectivity index (χ2n) is 6.15. The summed E-state index contributed by atoms with van der Waals surface area (Å²) < 4.78 is 5.17. The highest BCUT2D eigenvalue weighted by Crippen LogP contribution is 2.31. The van der Waals surface area contributed by atoms with Crippen molar-refractivity contribution in [2.45, 2.75) is 26.4 Å². The predicted molar refractivity (Wildman–Crippen MR) is 102 cm³/mol. The molecule has 0 fully saturated rings. The first-order valence-electron chi connectivity index (χ1n) is 8.56. The third-order valence-electron chi connectivity index (χ3n) is 4.25. The molecule has 3 N–H and O–H groups in total. The number of ether oxygens (including phenoxy) is 1. The first kappa shape index (κ1) is 17.7. The Labute approximate surface area is 152 Å². The number of rotatable bonds is 4. The van der Waals surface area contributed by atoms with Crippen molar-refractivity contribution in [3.05, 3.63) is 59.2 Å². The van der Waals surface area contributed by atoms with Crippen LogP contribution in [0.3, 0.4) is 0 Å². The normalized spacial score (nSPS) is 16.4. The summed E-state index contributed by atoms with van der Waals surface area (Å²) in [4.78, 5) is 12.3. The summed E-state index contributed by atoms with van der Waals surface area (Å²) in [5, 5.41) is 10.6. The van der Waals surface area contributed by atoms with Crippen molar-refractivity contribution in [3.8, 4) is 11.1 Å². The van der Waals surface area contributed by atoms with Crippen molar-refractivity contribution >= 4 is 17.7 Å². The molecule has 0 aliphatic carbocycles. The van der Waals surface area contributed by atoms with Gasteiger partial charge >= 0.3 is 5.97 Å². The molecule has 2 aromatic carbocycles. The van der Waals surface area contributed by atoms with Crippen LogP contribution >= 0.6 is 0 Å². The molecule has 0 bridgehead atoms. The van der Waals surface area contributed by atoms with E-state index in [1.165, 1.54) is 5.56 Å². The Balaban J connectivity index is 2.03. The molecule has 0 aromatic heterocycles. The van der Waals surface area contributed by atoms with Gasteiger partial charge in [-0.1, -0.05) is 41.1 Å². The van der Waals surface area contributed by atoms with Gasteiger partial charge in [-0.2, -0.15) is 0 Å². The standard InChI is InChI=1S/C20H22N4O2/c1-3-26-20(25)17-11-16-10-15(14-6-4-13(2)5-7-14)8-9-18(16)22-19(12-17)23-24-21/h4-11,19,22H,3,12H2,1-2H3,(H2,21,23). The molecule has 0 saturated heterocycles. The fourth-order valence-electron chi connectivity index (χ4n) is 2.94. The molecular weight excluding hydrogens is 328 g/mol. The van der Waals surface area contributed by atoms with Crippen LogP contribution in [0.1, 0.15) is 24.5 Å². The molecule has 0 saturated carbocycles. The summed E-state index contributed by atoms with van der Waals surface area (Å²) in [6, 6.07) is 14.4. The summed E-state index contributed by atoms with van der Waals surface area (Å²) in [6.45, 7) is 4.17. The number of benzene rings is 2. The van der Waals surface area contributed by atoms with Crippen molar-refractivity contribution in [1.82, 2.24) is 0 Å². The molecule has 0 amide bonds. The average molecular weight is 350 g/mol. The lowest BCUT2D eigenvalue weighted by Crippen LogP contribution is -2.19. The molecule has 1 atom stereocenters. The van der Waals surface area contributed by atoms with Gasteiger partial charge in [-0.05, 0) is 48.7 Å². The van der Waals surface area contributed by atoms with Gasteiger partial charge in [0.05, 0.1) is 6.61 Å². The molecule has 3 rings (SSSR count). The van der Waals surface area contributed by atoms with E-state index in [-0.39, 0.29) is 5.97 Å². The quantitative estimate of drug-likeness (QED) is 0.376. The number of nitrogens with zero attached hydrogens (tertiary/aromatic N) is 2. The molecule has 134 valence electrons. The zero-order valence-electron chi connectivity index (χ0n) is 14.9.